The summed E-state index contributed by atoms with van der Waals surface area (Å²) in [5.74, 6) is 0. The van der Waals surface area contributed by atoms with Crippen LogP contribution in [0.1, 0.15) is 39.5 Å². The maximum atomic E-state index is 6.23. The Hall–Kier alpha value is -0.490. The molecule has 0 saturated heterocycles. The van der Waals surface area contributed by atoms with Gasteiger partial charge in [-0.15, -0.1) is 0 Å². The largest absolute Gasteiger partial charge is 0.0955 e. The molecule has 0 bridgehead atoms. The molecule has 0 aliphatic heterocycles. The maximum absolute atomic E-state index is 6.23. The van der Waals surface area contributed by atoms with Crippen LogP contribution in [0.4, 0.5) is 0 Å². The minimum absolute atomic E-state index is 0.987. The molecule has 0 atom stereocenters. The summed E-state index contributed by atoms with van der Waals surface area (Å²) in [6.45, 7) is 8.12. The fourth-order valence-corrected chi connectivity index (χ4v) is 2.20. The molecule has 0 N–H and O–H groups in total. The highest BCUT2D eigenvalue weighted by molar-refractivity contribution is 6.30. The van der Waals surface area contributed by atoms with E-state index in [-0.39, 0.29) is 0 Å². The van der Waals surface area contributed by atoms with Crippen LogP contribution in [0, 0.1) is 0 Å². The molecule has 0 aromatic rings. The lowest BCUT2D eigenvalue weighted by molar-refractivity contribution is 0.745. The second-order valence-corrected chi connectivity index (χ2v) is 4.15. The van der Waals surface area contributed by atoms with Crippen LogP contribution >= 0.6 is 11.6 Å². The van der Waals surface area contributed by atoms with Crippen LogP contribution in [0.3, 0.4) is 0 Å². The molecule has 0 spiro atoms. The smallest absolute Gasteiger partial charge is 0.0258 e. The van der Waals surface area contributed by atoms with Crippen LogP contribution in [0.15, 0.2) is 34.4 Å². The summed E-state index contributed by atoms with van der Waals surface area (Å²) in [5.41, 5.74) is 3.55. The molecule has 1 aliphatic rings. The Morgan fingerprint density at radius 1 is 1.46 bits per heavy atom. The lowest BCUT2D eigenvalue weighted by Gasteiger charge is -2.14. The Bertz CT molecular complexity index is 269. The molecule has 0 unspecified atom stereocenters. The van der Waals surface area contributed by atoms with Crippen LogP contribution < -0.4 is 0 Å². The molecular weight excluding hydrogens is 180 g/mol. The van der Waals surface area contributed by atoms with Crippen LogP contribution in [0.5, 0.6) is 0 Å². The minimum Gasteiger partial charge on any atom is -0.0955 e. The first kappa shape index (κ1) is 10.6. The zero-order valence-corrected chi connectivity index (χ0v) is 9.25. The predicted molar refractivity (Wildman–Crippen MR) is 59.9 cm³/mol. The first-order valence-electron chi connectivity index (χ1n) is 4.84. The highest BCUT2D eigenvalue weighted by Crippen LogP contribution is 2.30. The van der Waals surface area contributed by atoms with Gasteiger partial charge in [-0.1, -0.05) is 24.3 Å². The SMILES string of the molecule is C=C(C)C1=C(\Cl)CCCC/C=C\1C. The molecule has 0 saturated carbocycles. The van der Waals surface area contributed by atoms with Gasteiger partial charge in [-0.25, -0.2) is 0 Å². The molecule has 0 amide bonds. The van der Waals surface area contributed by atoms with Crippen molar-refractivity contribution in [2.45, 2.75) is 39.5 Å². The van der Waals surface area contributed by atoms with Crippen molar-refractivity contribution in [2.75, 3.05) is 0 Å². The van der Waals surface area contributed by atoms with Gasteiger partial charge in [0.1, 0.15) is 0 Å². The average Bonchev–Trinajstić information content (AvgIpc) is 2.00. The van der Waals surface area contributed by atoms with E-state index < -0.39 is 0 Å². The summed E-state index contributed by atoms with van der Waals surface area (Å²) < 4.78 is 0. The summed E-state index contributed by atoms with van der Waals surface area (Å²) in [5, 5.41) is 0.987. The summed E-state index contributed by atoms with van der Waals surface area (Å²) in [7, 11) is 0. The van der Waals surface area contributed by atoms with Crippen molar-refractivity contribution < 1.29 is 0 Å². The van der Waals surface area contributed by atoms with Crippen molar-refractivity contribution in [3.8, 4) is 0 Å². The van der Waals surface area contributed by atoms with Gasteiger partial charge in [0.15, 0.2) is 0 Å². The first-order valence-corrected chi connectivity index (χ1v) is 5.22. The van der Waals surface area contributed by atoms with Crippen molar-refractivity contribution in [3.05, 3.63) is 34.4 Å². The van der Waals surface area contributed by atoms with Crippen LogP contribution in [0.25, 0.3) is 0 Å². The summed E-state index contributed by atoms with van der Waals surface area (Å²) >= 11 is 6.23. The van der Waals surface area contributed by atoms with Gasteiger partial charge < -0.3 is 0 Å². The highest BCUT2D eigenvalue weighted by atomic mass is 35.5. The summed E-state index contributed by atoms with van der Waals surface area (Å²) in [6.07, 6.45) is 6.89. The Labute approximate surface area is 86.0 Å². The minimum atomic E-state index is 0.987. The monoisotopic (exact) mass is 196 g/mol. The van der Waals surface area contributed by atoms with E-state index in [1.165, 1.54) is 30.4 Å². The van der Waals surface area contributed by atoms with Crippen molar-refractivity contribution in [1.82, 2.24) is 0 Å². The second kappa shape index (κ2) is 4.66. The molecule has 0 nitrogen and oxygen atoms in total. The van der Waals surface area contributed by atoms with E-state index in [9.17, 15) is 0 Å². The molecule has 1 rings (SSSR count). The van der Waals surface area contributed by atoms with E-state index in [0.29, 0.717) is 0 Å². The Balaban J connectivity index is 3.04. The van der Waals surface area contributed by atoms with E-state index in [4.69, 9.17) is 11.6 Å². The van der Waals surface area contributed by atoms with Crippen molar-refractivity contribution in [3.63, 3.8) is 0 Å². The van der Waals surface area contributed by atoms with Crippen LogP contribution in [-0.4, -0.2) is 0 Å². The molecule has 0 aromatic heterocycles. The van der Waals surface area contributed by atoms with Crippen molar-refractivity contribution in [1.29, 1.82) is 0 Å². The van der Waals surface area contributed by atoms with E-state index in [0.717, 1.165) is 17.0 Å². The topological polar surface area (TPSA) is 0 Å². The van der Waals surface area contributed by atoms with Gasteiger partial charge in [-0.2, -0.15) is 0 Å². The Morgan fingerprint density at radius 2 is 2.15 bits per heavy atom. The number of hydrogen-bond acceptors (Lipinski definition) is 0. The van der Waals surface area contributed by atoms with Crippen molar-refractivity contribution >= 4 is 11.6 Å². The normalized spacial score (nSPS) is 28.7. The van der Waals surface area contributed by atoms with E-state index in [2.05, 4.69) is 19.6 Å². The third kappa shape index (κ3) is 2.73. The molecule has 13 heavy (non-hydrogen) atoms. The fourth-order valence-electron chi connectivity index (χ4n) is 1.75. The molecule has 1 aliphatic carbocycles. The number of allylic oxidation sites excluding steroid dienone is 5. The summed E-state index contributed by atoms with van der Waals surface area (Å²) in [6, 6.07) is 0. The number of hydrogen-bond donors (Lipinski definition) is 0. The van der Waals surface area contributed by atoms with Crippen LogP contribution in [0.2, 0.25) is 0 Å². The lowest BCUT2D eigenvalue weighted by atomic mass is 9.95. The molecule has 72 valence electrons. The first-order chi connectivity index (χ1) is 6.13. The second-order valence-electron chi connectivity index (χ2n) is 3.69. The number of rotatable bonds is 1. The fraction of sp³-hybridized carbons (Fsp3) is 0.500. The lowest BCUT2D eigenvalue weighted by Crippen LogP contribution is -1.94. The Morgan fingerprint density at radius 3 is 2.77 bits per heavy atom. The van der Waals surface area contributed by atoms with Gasteiger partial charge in [-0.05, 0) is 56.3 Å². The molecule has 0 radical (unpaired) electrons. The molecule has 1 heteroatoms. The molecule has 0 fully saturated rings. The zero-order valence-electron chi connectivity index (χ0n) is 8.49. The molecule has 0 heterocycles. The number of halogens is 1. The van der Waals surface area contributed by atoms with Gasteiger partial charge in [0, 0.05) is 5.03 Å². The van der Waals surface area contributed by atoms with Gasteiger partial charge in [0.25, 0.3) is 0 Å². The van der Waals surface area contributed by atoms with Gasteiger partial charge in [0.2, 0.25) is 0 Å². The van der Waals surface area contributed by atoms with Gasteiger partial charge >= 0.3 is 0 Å². The third-order valence-electron chi connectivity index (χ3n) is 2.39. The maximum Gasteiger partial charge on any atom is 0.0258 e. The van der Waals surface area contributed by atoms with E-state index in [1.807, 2.05) is 6.92 Å². The van der Waals surface area contributed by atoms with E-state index in [1.54, 1.807) is 0 Å². The Kier molecular flexibility index (Phi) is 3.80. The third-order valence-corrected chi connectivity index (χ3v) is 2.77. The predicted octanol–water partition coefficient (Wildman–Crippen LogP) is 4.58. The average molecular weight is 197 g/mol. The van der Waals surface area contributed by atoms with E-state index >= 15 is 0 Å². The molecular formula is C12H17Cl. The van der Waals surface area contributed by atoms with Crippen LogP contribution in [-0.2, 0) is 0 Å². The zero-order chi connectivity index (χ0) is 9.84. The van der Waals surface area contributed by atoms with Gasteiger partial charge in [-0.3, -0.25) is 0 Å². The summed E-state index contributed by atoms with van der Waals surface area (Å²) in [4.78, 5) is 0. The highest BCUT2D eigenvalue weighted by Gasteiger charge is 2.09. The van der Waals surface area contributed by atoms with Crippen molar-refractivity contribution in [2.24, 2.45) is 0 Å². The standard InChI is InChI=1S/C12H17Cl/c1-9(2)12-10(3)7-5-4-6-8-11(12)13/h7H,1,4-6,8H2,2-3H3/b10-7-,12-11+. The quantitative estimate of drug-likeness (QED) is 0.576. The molecule has 0 aromatic carbocycles. The van der Waals surface area contributed by atoms with Gasteiger partial charge in [0.05, 0.1) is 0 Å².